The predicted octanol–water partition coefficient (Wildman–Crippen LogP) is 3.46. The Bertz CT molecular complexity index is 399. The zero-order valence-corrected chi connectivity index (χ0v) is 9.96. The van der Waals surface area contributed by atoms with E-state index in [1.165, 1.54) is 12.8 Å². The zero-order chi connectivity index (χ0) is 11.2. The summed E-state index contributed by atoms with van der Waals surface area (Å²) in [7, 11) is 0. The van der Waals surface area contributed by atoms with Crippen molar-refractivity contribution in [2.75, 3.05) is 12.5 Å². The van der Waals surface area contributed by atoms with Gasteiger partial charge in [-0.15, -0.1) is 11.6 Å². The molecule has 84 valence electrons. The third-order valence-corrected chi connectivity index (χ3v) is 2.66. The van der Waals surface area contributed by atoms with Crippen LogP contribution < -0.4 is 4.74 Å². The third kappa shape index (κ3) is 3.79. The van der Waals surface area contributed by atoms with Gasteiger partial charge >= 0.3 is 0 Å². The van der Waals surface area contributed by atoms with Crippen molar-refractivity contribution < 1.29 is 4.74 Å². The molecule has 0 bridgehead atoms. The van der Waals surface area contributed by atoms with Gasteiger partial charge in [0.15, 0.2) is 0 Å². The van der Waals surface area contributed by atoms with Gasteiger partial charge in [-0.2, -0.15) is 0 Å². The number of benzene rings is 1. The van der Waals surface area contributed by atoms with Gasteiger partial charge in [0.2, 0.25) is 0 Å². The molecule has 0 amide bonds. The first-order valence-electron chi connectivity index (χ1n) is 5.66. The molecule has 1 fully saturated rings. The Morgan fingerprint density at radius 2 is 2.25 bits per heavy atom. The van der Waals surface area contributed by atoms with Crippen LogP contribution in [0.15, 0.2) is 24.3 Å². The molecular formula is C14H15ClO. The van der Waals surface area contributed by atoms with E-state index in [1.807, 2.05) is 24.3 Å². The lowest BCUT2D eigenvalue weighted by molar-refractivity contribution is 0.299. The zero-order valence-electron chi connectivity index (χ0n) is 9.21. The fourth-order valence-electron chi connectivity index (χ4n) is 1.37. The van der Waals surface area contributed by atoms with Crippen molar-refractivity contribution in [1.82, 2.24) is 0 Å². The maximum absolute atomic E-state index is 5.68. The van der Waals surface area contributed by atoms with Crippen molar-refractivity contribution in [2.45, 2.75) is 19.3 Å². The smallest absolute Gasteiger partial charge is 0.120 e. The van der Waals surface area contributed by atoms with Crippen LogP contribution in [0.4, 0.5) is 0 Å². The summed E-state index contributed by atoms with van der Waals surface area (Å²) >= 11 is 5.56. The van der Waals surface area contributed by atoms with Gasteiger partial charge in [-0.3, -0.25) is 0 Å². The van der Waals surface area contributed by atoms with Crippen LogP contribution in [-0.2, 0) is 0 Å². The van der Waals surface area contributed by atoms with Crippen LogP contribution in [0.3, 0.4) is 0 Å². The van der Waals surface area contributed by atoms with Gasteiger partial charge in [-0.05, 0) is 37.0 Å². The van der Waals surface area contributed by atoms with E-state index in [4.69, 9.17) is 16.3 Å². The van der Waals surface area contributed by atoms with Crippen molar-refractivity contribution in [2.24, 2.45) is 5.92 Å². The highest BCUT2D eigenvalue weighted by Gasteiger charge is 2.21. The second kappa shape index (κ2) is 5.82. The lowest BCUT2D eigenvalue weighted by Gasteiger charge is -2.04. The first kappa shape index (κ1) is 11.4. The van der Waals surface area contributed by atoms with E-state index < -0.39 is 0 Å². The average Bonchev–Trinajstić information content (AvgIpc) is 3.11. The predicted molar refractivity (Wildman–Crippen MR) is 66.9 cm³/mol. The number of ether oxygens (including phenoxy) is 1. The molecule has 0 saturated heterocycles. The van der Waals surface area contributed by atoms with Crippen LogP contribution in [0.2, 0.25) is 0 Å². The number of rotatable bonds is 4. The first-order valence-corrected chi connectivity index (χ1v) is 6.19. The molecule has 2 heteroatoms. The van der Waals surface area contributed by atoms with Gasteiger partial charge < -0.3 is 4.74 Å². The van der Waals surface area contributed by atoms with Gasteiger partial charge in [-0.1, -0.05) is 17.9 Å². The number of halogens is 1. The average molecular weight is 235 g/mol. The summed E-state index contributed by atoms with van der Waals surface area (Å²) in [6.07, 6.45) is 3.36. The summed E-state index contributed by atoms with van der Waals surface area (Å²) in [6.45, 7) is 0.846. The van der Waals surface area contributed by atoms with Crippen molar-refractivity contribution in [3.63, 3.8) is 0 Å². The minimum absolute atomic E-state index is 0.588. The Morgan fingerprint density at radius 3 is 3.00 bits per heavy atom. The molecule has 1 nitrogen and oxygen atoms in total. The number of alkyl halides is 1. The van der Waals surface area contributed by atoms with E-state index in [0.29, 0.717) is 5.88 Å². The van der Waals surface area contributed by atoms with E-state index >= 15 is 0 Å². The van der Waals surface area contributed by atoms with Crippen LogP contribution in [0.5, 0.6) is 5.75 Å². The topological polar surface area (TPSA) is 9.23 Å². The minimum Gasteiger partial charge on any atom is -0.493 e. The molecule has 1 saturated carbocycles. The molecule has 2 rings (SSSR count). The van der Waals surface area contributed by atoms with E-state index in [0.717, 1.165) is 30.3 Å². The SMILES string of the molecule is ClCCC#Cc1cccc(OCC2CC2)c1. The molecule has 0 heterocycles. The molecule has 1 aromatic carbocycles. The summed E-state index contributed by atoms with van der Waals surface area (Å²) in [4.78, 5) is 0. The molecule has 0 radical (unpaired) electrons. The largest absolute Gasteiger partial charge is 0.493 e. The summed E-state index contributed by atoms with van der Waals surface area (Å²) in [5.41, 5.74) is 0.999. The van der Waals surface area contributed by atoms with Crippen LogP contribution in [0.25, 0.3) is 0 Å². The number of hydrogen-bond donors (Lipinski definition) is 0. The standard InChI is InChI=1S/C14H15ClO/c15-9-2-1-4-12-5-3-6-14(10-12)16-11-13-7-8-13/h3,5-6,10,13H,2,7-9,11H2. The molecule has 0 spiro atoms. The van der Waals surface area contributed by atoms with Gasteiger partial charge in [0, 0.05) is 17.9 Å². The van der Waals surface area contributed by atoms with E-state index in [1.54, 1.807) is 0 Å². The molecule has 1 aromatic rings. The van der Waals surface area contributed by atoms with Crippen LogP contribution in [0, 0.1) is 17.8 Å². The molecular weight excluding hydrogens is 220 g/mol. The Hall–Kier alpha value is -1.13. The highest BCUT2D eigenvalue weighted by molar-refractivity contribution is 6.18. The minimum atomic E-state index is 0.588. The summed E-state index contributed by atoms with van der Waals surface area (Å²) in [5, 5.41) is 0. The van der Waals surface area contributed by atoms with Gasteiger partial charge in [0.1, 0.15) is 5.75 Å². The monoisotopic (exact) mass is 234 g/mol. The molecule has 1 aliphatic rings. The number of hydrogen-bond acceptors (Lipinski definition) is 1. The van der Waals surface area contributed by atoms with Gasteiger partial charge in [-0.25, -0.2) is 0 Å². The maximum Gasteiger partial charge on any atom is 0.120 e. The third-order valence-electron chi connectivity index (χ3n) is 2.47. The molecule has 0 unspecified atom stereocenters. The van der Waals surface area contributed by atoms with Gasteiger partial charge in [0.25, 0.3) is 0 Å². The Balaban J connectivity index is 1.92. The lowest BCUT2D eigenvalue weighted by Crippen LogP contribution is -1.98. The summed E-state index contributed by atoms with van der Waals surface area (Å²) in [5.74, 6) is 8.39. The maximum atomic E-state index is 5.68. The fourth-order valence-corrected chi connectivity index (χ4v) is 1.47. The second-order valence-corrected chi connectivity index (χ2v) is 4.40. The highest BCUT2D eigenvalue weighted by Crippen LogP contribution is 2.29. The first-order chi connectivity index (χ1) is 7.88. The second-order valence-electron chi connectivity index (χ2n) is 4.02. The highest BCUT2D eigenvalue weighted by atomic mass is 35.5. The quantitative estimate of drug-likeness (QED) is 0.573. The Morgan fingerprint density at radius 1 is 1.38 bits per heavy atom. The normalized spacial score (nSPS) is 14.1. The summed E-state index contributed by atoms with van der Waals surface area (Å²) < 4.78 is 5.68. The lowest BCUT2D eigenvalue weighted by atomic mass is 10.2. The molecule has 0 aliphatic heterocycles. The van der Waals surface area contributed by atoms with E-state index in [-0.39, 0.29) is 0 Å². The Labute approximate surface area is 102 Å². The van der Waals surface area contributed by atoms with Crippen molar-refractivity contribution in [1.29, 1.82) is 0 Å². The molecule has 0 aromatic heterocycles. The molecule has 16 heavy (non-hydrogen) atoms. The fraction of sp³-hybridized carbons (Fsp3) is 0.429. The Kier molecular flexibility index (Phi) is 4.13. The van der Waals surface area contributed by atoms with E-state index in [9.17, 15) is 0 Å². The summed E-state index contributed by atoms with van der Waals surface area (Å²) in [6, 6.07) is 7.94. The molecule has 0 atom stereocenters. The van der Waals surface area contributed by atoms with Gasteiger partial charge in [0.05, 0.1) is 6.61 Å². The molecule has 0 N–H and O–H groups in total. The van der Waals surface area contributed by atoms with Crippen LogP contribution in [0.1, 0.15) is 24.8 Å². The van der Waals surface area contributed by atoms with Crippen molar-refractivity contribution in [3.8, 4) is 17.6 Å². The molecule has 1 aliphatic carbocycles. The van der Waals surface area contributed by atoms with Crippen LogP contribution in [-0.4, -0.2) is 12.5 Å². The van der Waals surface area contributed by atoms with Crippen LogP contribution >= 0.6 is 11.6 Å². The van der Waals surface area contributed by atoms with Crippen molar-refractivity contribution in [3.05, 3.63) is 29.8 Å². The van der Waals surface area contributed by atoms with Crippen molar-refractivity contribution >= 4 is 11.6 Å². The van der Waals surface area contributed by atoms with E-state index in [2.05, 4.69) is 11.8 Å².